The Kier molecular flexibility index (Phi) is 4.87. The van der Waals surface area contributed by atoms with Crippen LogP contribution < -0.4 is 0 Å². The van der Waals surface area contributed by atoms with Crippen LogP contribution in [-0.2, 0) is 18.0 Å². The van der Waals surface area contributed by atoms with Crippen molar-refractivity contribution in [3.05, 3.63) is 0 Å². The topological polar surface area (TPSA) is 93.1 Å². The number of hydrogen-bond acceptors (Lipinski definition) is 4. The quantitative estimate of drug-likeness (QED) is 0.413. The minimum Gasteiger partial charge on any atom is -0.324 e. The fourth-order valence-electron chi connectivity index (χ4n) is 0.435. The lowest BCUT2D eigenvalue weighted by Gasteiger charge is -2.12. The van der Waals surface area contributed by atoms with Crippen molar-refractivity contribution in [1.29, 1.82) is 0 Å². The zero-order valence-electron chi connectivity index (χ0n) is 6.91. The van der Waals surface area contributed by atoms with E-state index in [1.807, 2.05) is 0 Å². The number of hydrogen-bond donors (Lipinski definition) is 2. The average Bonchev–Trinajstić information content (AvgIpc) is 1.81. The van der Waals surface area contributed by atoms with Crippen molar-refractivity contribution >= 4 is 15.4 Å². The Balaban J connectivity index is 4.04. The van der Waals surface area contributed by atoms with Gasteiger partial charge in [-0.1, -0.05) is 0 Å². The first kappa shape index (κ1) is 12.9. The lowest BCUT2D eigenvalue weighted by atomic mass is 10.5. The van der Waals surface area contributed by atoms with Crippen molar-refractivity contribution in [1.82, 2.24) is 0 Å². The van der Waals surface area contributed by atoms with Crippen molar-refractivity contribution in [2.24, 2.45) is 0 Å². The van der Waals surface area contributed by atoms with E-state index in [0.717, 1.165) is 6.66 Å². The highest BCUT2D eigenvalue weighted by Gasteiger charge is 2.29. The smallest absolute Gasteiger partial charge is 0.324 e. The van der Waals surface area contributed by atoms with Crippen LogP contribution in [0.25, 0.3) is 0 Å². The van der Waals surface area contributed by atoms with E-state index in [9.17, 15) is 9.13 Å². The molecule has 2 atom stereocenters. The Hall–Kier alpha value is -0.140. The summed E-state index contributed by atoms with van der Waals surface area (Å²) in [7, 11) is -8.48. The molecule has 0 aliphatic carbocycles. The fourth-order valence-corrected chi connectivity index (χ4v) is 2.48. The molecule has 2 unspecified atom stereocenters. The van der Waals surface area contributed by atoms with Crippen LogP contribution in [0.3, 0.4) is 0 Å². The van der Waals surface area contributed by atoms with Gasteiger partial charge in [-0.2, -0.15) is 0 Å². The molecule has 0 bridgehead atoms. The van der Waals surface area contributed by atoms with Crippen LogP contribution in [0.15, 0.2) is 0 Å². The number of rotatable bonds is 5. The van der Waals surface area contributed by atoms with Gasteiger partial charge in [-0.25, -0.2) is 8.88 Å². The SMILES string of the molecule is C#CCCOP(=O)(O)OP(C)(=O)O. The van der Waals surface area contributed by atoms with Crippen LogP contribution in [0.5, 0.6) is 0 Å². The monoisotopic (exact) mass is 228 g/mol. The maximum atomic E-state index is 10.8. The van der Waals surface area contributed by atoms with Gasteiger partial charge in [0.2, 0.25) is 0 Å². The zero-order valence-corrected chi connectivity index (χ0v) is 8.70. The van der Waals surface area contributed by atoms with E-state index in [1.165, 1.54) is 0 Å². The van der Waals surface area contributed by atoms with E-state index in [-0.39, 0.29) is 13.0 Å². The number of terminal acetylenes is 1. The molecule has 0 fully saturated rings. The molecule has 0 rings (SSSR count). The van der Waals surface area contributed by atoms with Crippen molar-refractivity contribution in [3.8, 4) is 12.3 Å². The third-order valence-corrected chi connectivity index (χ3v) is 3.30. The molecule has 0 radical (unpaired) electrons. The van der Waals surface area contributed by atoms with Gasteiger partial charge in [-0.3, -0.25) is 9.09 Å². The van der Waals surface area contributed by atoms with Crippen LogP contribution in [0.2, 0.25) is 0 Å². The molecule has 0 saturated carbocycles. The molecule has 0 aromatic rings. The van der Waals surface area contributed by atoms with Gasteiger partial charge >= 0.3 is 15.4 Å². The molecular formula is C5H10O6P2. The second-order valence-corrected chi connectivity index (χ2v) is 5.60. The van der Waals surface area contributed by atoms with Crippen LogP contribution in [-0.4, -0.2) is 23.1 Å². The van der Waals surface area contributed by atoms with Gasteiger partial charge in [0, 0.05) is 13.1 Å². The second-order valence-electron chi connectivity index (χ2n) is 2.14. The highest BCUT2D eigenvalue weighted by molar-refractivity contribution is 7.63. The molecule has 0 saturated heterocycles. The molecule has 0 spiro atoms. The standard InChI is InChI=1S/C5H10O6P2/c1-3-4-5-10-13(8,9)11-12(2,6)7/h1H,4-5H2,2H3,(H,6,7)(H,8,9). The van der Waals surface area contributed by atoms with E-state index in [2.05, 4.69) is 14.8 Å². The van der Waals surface area contributed by atoms with Gasteiger partial charge in [0.1, 0.15) is 0 Å². The Labute approximate surface area is 76.0 Å². The minimum atomic E-state index is -4.45. The van der Waals surface area contributed by atoms with Gasteiger partial charge in [-0.05, 0) is 0 Å². The van der Waals surface area contributed by atoms with Gasteiger partial charge in [0.25, 0.3) is 0 Å². The Bertz CT molecular complexity index is 286. The summed E-state index contributed by atoms with van der Waals surface area (Å²) in [6, 6.07) is 0. The molecule has 0 aliphatic heterocycles. The molecule has 13 heavy (non-hydrogen) atoms. The molecule has 76 valence electrons. The van der Waals surface area contributed by atoms with Crippen molar-refractivity contribution in [3.63, 3.8) is 0 Å². The van der Waals surface area contributed by atoms with Crippen LogP contribution in [0.4, 0.5) is 0 Å². The van der Waals surface area contributed by atoms with Crippen LogP contribution in [0, 0.1) is 12.3 Å². The summed E-state index contributed by atoms with van der Waals surface area (Å²) in [4.78, 5) is 17.4. The lowest BCUT2D eigenvalue weighted by Crippen LogP contribution is -1.94. The molecule has 0 heterocycles. The van der Waals surface area contributed by atoms with Crippen molar-refractivity contribution < 1.29 is 27.8 Å². The third kappa shape index (κ3) is 8.20. The Morgan fingerprint density at radius 1 is 1.46 bits per heavy atom. The van der Waals surface area contributed by atoms with Gasteiger partial charge in [0.15, 0.2) is 0 Å². The van der Waals surface area contributed by atoms with Gasteiger partial charge < -0.3 is 9.79 Å². The van der Waals surface area contributed by atoms with E-state index >= 15 is 0 Å². The maximum Gasteiger partial charge on any atom is 0.479 e. The Morgan fingerprint density at radius 2 is 2.00 bits per heavy atom. The maximum absolute atomic E-state index is 10.8. The third-order valence-electron chi connectivity index (χ3n) is 0.756. The lowest BCUT2D eigenvalue weighted by molar-refractivity contribution is 0.200. The molecule has 0 amide bonds. The van der Waals surface area contributed by atoms with Crippen LogP contribution in [0.1, 0.15) is 6.42 Å². The first-order chi connectivity index (χ1) is 5.77. The summed E-state index contributed by atoms with van der Waals surface area (Å²) in [5.41, 5.74) is 0. The van der Waals surface area contributed by atoms with Gasteiger partial charge in [-0.15, -0.1) is 12.3 Å². The van der Waals surface area contributed by atoms with Crippen molar-refractivity contribution in [2.45, 2.75) is 6.42 Å². The normalized spacial score (nSPS) is 19.8. The van der Waals surface area contributed by atoms with E-state index < -0.39 is 15.4 Å². The predicted octanol–water partition coefficient (Wildman–Crippen LogP) is 0.958. The summed E-state index contributed by atoms with van der Waals surface area (Å²) < 4.78 is 29.5. The first-order valence-electron chi connectivity index (χ1n) is 3.19. The Morgan fingerprint density at radius 3 is 2.38 bits per heavy atom. The molecule has 2 N–H and O–H groups in total. The summed E-state index contributed by atoms with van der Waals surface area (Å²) >= 11 is 0. The van der Waals surface area contributed by atoms with E-state index in [0.29, 0.717) is 0 Å². The van der Waals surface area contributed by atoms with E-state index in [4.69, 9.17) is 16.2 Å². The molecule has 6 nitrogen and oxygen atoms in total. The summed E-state index contributed by atoms with van der Waals surface area (Å²) in [5, 5.41) is 0. The summed E-state index contributed by atoms with van der Waals surface area (Å²) in [6.07, 6.45) is 4.96. The highest BCUT2D eigenvalue weighted by Crippen LogP contribution is 2.57. The zero-order chi connectivity index (χ0) is 10.5. The summed E-state index contributed by atoms with van der Waals surface area (Å²) in [5.74, 6) is 2.16. The second kappa shape index (κ2) is 4.92. The molecule has 0 aromatic carbocycles. The number of phosphoric ester groups is 1. The fraction of sp³-hybridized carbons (Fsp3) is 0.600. The predicted molar refractivity (Wildman–Crippen MR) is 46.1 cm³/mol. The number of phosphoric acid groups is 1. The van der Waals surface area contributed by atoms with Crippen LogP contribution >= 0.6 is 15.4 Å². The summed E-state index contributed by atoms with van der Waals surface area (Å²) in [6.45, 7) is 0.574. The van der Waals surface area contributed by atoms with Gasteiger partial charge in [0.05, 0.1) is 6.61 Å². The average molecular weight is 228 g/mol. The molecule has 0 aromatic heterocycles. The first-order valence-corrected chi connectivity index (χ1v) is 6.71. The largest absolute Gasteiger partial charge is 0.479 e. The molecule has 0 aliphatic rings. The highest BCUT2D eigenvalue weighted by atomic mass is 31.3. The van der Waals surface area contributed by atoms with Crippen molar-refractivity contribution in [2.75, 3.05) is 13.3 Å². The minimum absolute atomic E-state index is 0.118. The molecular weight excluding hydrogens is 218 g/mol. The molecule has 8 heteroatoms. The van der Waals surface area contributed by atoms with E-state index in [1.54, 1.807) is 0 Å².